The zero-order chi connectivity index (χ0) is 21.6. The molecule has 1 N–H and O–H groups in total. The van der Waals surface area contributed by atoms with E-state index in [9.17, 15) is 4.79 Å². The summed E-state index contributed by atoms with van der Waals surface area (Å²) in [4.78, 5) is 17.0. The molecule has 0 aliphatic carbocycles. The predicted molar refractivity (Wildman–Crippen MR) is 123 cm³/mol. The first-order valence-corrected chi connectivity index (χ1v) is 10.2. The van der Waals surface area contributed by atoms with Crippen molar-refractivity contribution < 1.29 is 9.53 Å². The van der Waals surface area contributed by atoms with E-state index >= 15 is 0 Å². The average molecular weight is 409 g/mol. The van der Waals surface area contributed by atoms with Gasteiger partial charge in [0.25, 0.3) is 5.91 Å². The van der Waals surface area contributed by atoms with Gasteiger partial charge in [-0.25, -0.2) is 4.98 Å². The van der Waals surface area contributed by atoms with Crippen LogP contribution in [0, 0.1) is 13.8 Å². The number of nitrogens with zero attached hydrogens (tertiary/aromatic N) is 1. The Kier molecular flexibility index (Phi) is 6.08. The van der Waals surface area contributed by atoms with Crippen molar-refractivity contribution in [3.05, 3.63) is 125 Å². The molecular weight excluding hydrogens is 384 g/mol. The molecule has 4 heteroatoms. The monoisotopic (exact) mass is 408 g/mol. The largest absolute Gasteiger partial charge is 0.465 e. The summed E-state index contributed by atoms with van der Waals surface area (Å²) < 4.78 is 6.24. The zero-order valence-electron chi connectivity index (χ0n) is 17.6. The summed E-state index contributed by atoms with van der Waals surface area (Å²) in [6, 6.07) is 29.3. The minimum absolute atomic E-state index is 0.162. The van der Waals surface area contributed by atoms with Crippen molar-refractivity contribution in [3.8, 4) is 5.88 Å². The second-order valence-electron chi connectivity index (χ2n) is 7.46. The maximum atomic E-state index is 12.5. The standard InChI is InChI=1S/C27H24N2O2/c1-19-13-14-23(17-20(19)2)27(30)29-24-15-16-25(28-18-24)31-26(21-9-5-3-6-10-21)22-11-7-4-8-12-22/h3-18,26H,1-2H3,(H,29,30). The Morgan fingerprint density at radius 3 is 2.00 bits per heavy atom. The van der Waals surface area contributed by atoms with Crippen molar-refractivity contribution in [1.82, 2.24) is 4.98 Å². The van der Waals surface area contributed by atoms with E-state index in [2.05, 4.69) is 10.3 Å². The van der Waals surface area contributed by atoms with Gasteiger partial charge in [0.15, 0.2) is 6.10 Å². The van der Waals surface area contributed by atoms with Crippen LogP contribution < -0.4 is 10.1 Å². The molecule has 0 atom stereocenters. The Bertz CT molecular complexity index is 1120. The summed E-state index contributed by atoms with van der Waals surface area (Å²) in [5, 5.41) is 2.89. The molecule has 0 fully saturated rings. The van der Waals surface area contributed by atoms with Crippen LogP contribution in [-0.4, -0.2) is 10.9 Å². The fourth-order valence-electron chi connectivity index (χ4n) is 3.31. The van der Waals surface area contributed by atoms with Crippen LogP contribution in [0.25, 0.3) is 0 Å². The number of rotatable bonds is 6. The molecule has 0 spiro atoms. The third-order valence-electron chi connectivity index (χ3n) is 5.21. The molecule has 1 heterocycles. The Morgan fingerprint density at radius 1 is 0.806 bits per heavy atom. The second kappa shape index (κ2) is 9.26. The van der Waals surface area contributed by atoms with E-state index in [1.165, 1.54) is 0 Å². The van der Waals surface area contributed by atoms with Gasteiger partial charge < -0.3 is 10.1 Å². The van der Waals surface area contributed by atoms with Gasteiger partial charge in [-0.1, -0.05) is 66.7 Å². The number of hydrogen-bond acceptors (Lipinski definition) is 3. The van der Waals surface area contributed by atoms with E-state index in [0.29, 0.717) is 17.1 Å². The van der Waals surface area contributed by atoms with Crippen LogP contribution in [0.5, 0.6) is 5.88 Å². The number of ether oxygens (including phenoxy) is 1. The second-order valence-corrected chi connectivity index (χ2v) is 7.46. The third-order valence-corrected chi connectivity index (χ3v) is 5.21. The number of hydrogen-bond donors (Lipinski definition) is 1. The predicted octanol–water partition coefficient (Wildman–Crippen LogP) is 6.12. The maximum Gasteiger partial charge on any atom is 0.255 e. The highest BCUT2D eigenvalue weighted by Crippen LogP contribution is 2.27. The normalized spacial score (nSPS) is 10.7. The number of benzene rings is 3. The summed E-state index contributed by atoms with van der Waals surface area (Å²) in [5.41, 5.74) is 5.57. The van der Waals surface area contributed by atoms with Crippen molar-refractivity contribution in [1.29, 1.82) is 0 Å². The van der Waals surface area contributed by atoms with Gasteiger partial charge >= 0.3 is 0 Å². The highest BCUT2D eigenvalue weighted by molar-refractivity contribution is 6.04. The number of pyridine rings is 1. The lowest BCUT2D eigenvalue weighted by Gasteiger charge is -2.19. The lowest BCUT2D eigenvalue weighted by Crippen LogP contribution is -2.13. The molecule has 0 aliphatic rings. The quantitative estimate of drug-likeness (QED) is 0.418. The van der Waals surface area contributed by atoms with E-state index in [-0.39, 0.29) is 12.0 Å². The number of carbonyl (C=O) groups is 1. The van der Waals surface area contributed by atoms with Crippen LogP contribution in [0.15, 0.2) is 97.2 Å². The van der Waals surface area contributed by atoms with Crippen molar-refractivity contribution in [2.75, 3.05) is 5.32 Å². The van der Waals surface area contributed by atoms with Crippen LogP contribution >= 0.6 is 0 Å². The maximum absolute atomic E-state index is 12.5. The highest BCUT2D eigenvalue weighted by Gasteiger charge is 2.16. The lowest BCUT2D eigenvalue weighted by molar-refractivity contribution is 0.102. The fraction of sp³-hybridized carbons (Fsp3) is 0.111. The first-order valence-electron chi connectivity index (χ1n) is 10.2. The molecule has 0 bridgehead atoms. The number of aryl methyl sites for hydroxylation is 2. The molecule has 0 radical (unpaired) electrons. The van der Waals surface area contributed by atoms with Gasteiger partial charge in [-0.05, 0) is 54.3 Å². The summed E-state index contributed by atoms with van der Waals surface area (Å²) in [6.45, 7) is 4.02. The van der Waals surface area contributed by atoms with Crippen LogP contribution in [0.2, 0.25) is 0 Å². The molecule has 4 rings (SSSR count). The molecule has 4 aromatic rings. The average Bonchev–Trinajstić information content (AvgIpc) is 2.81. The van der Waals surface area contributed by atoms with Crippen molar-refractivity contribution >= 4 is 11.6 Å². The third kappa shape index (κ3) is 4.98. The van der Waals surface area contributed by atoms with Crippen LogP contribution in [0.3, 0.4) is 0 Å². The first-order chi connectivity index (χ1) is 15.1. The van der Waals surface area contributed by atoms with Gasteiger partial charge in [0, 0.05) is 11.6 Å². The molecule has 0 unspecified atom stereocenters. The molecule has 31 heavy (non-hydrogen) atoms. The Balaban J connectivity index is 1.50. The number of carbonyl (C=O) groups excluding carboxylic acids is 1. The van der Waals surface area contributed by atoms with E-state index < -0.39 is 0 Å². The van der Waals surface area contributed by atoms with Crippen LogP contribution in [0.1, 0.15) is 38.7 Å². The van der Waals surface area contributed by atoms with Crippen molar-refractivity contribution in [3.63, 3.8) is 0 Å². The number of amides is 1. The molecular formula is C27H24N2O2. The van der Waals surface area contributed by atoms with Gasteiger partial charge in [-0.15, -0.1) is 0 Å². The van der Waals surface area contributed by atoms with Crippen LogP contribution in [0.4, 0.5) is 5.69 Å². The lowest BCUT2D eigenvalue weighted by atomic mass is 10.0. The molecule has 0 saturated carbocycles. The first kappa shape index (κ1) is 20.4. The van der Waals surface area contributed by atoms with Crippen molar-refractivity contribution in [2.45, 2.75) is 20.0 Å². The van der Waals surface area contributed by atoms with Gasteiger partial charge in [-0.2, -0.15) is 0 Å². The Hall–Kier alpha value is -3.92. The van der Waals surface area contributed by atoms with Gasteiger partial charge in [0.2, 0.25) is 5.88 Å². The molecule has 3 aromatic carbocycles. The summed E-state index contributed by atoms with van der Waals surface area (Å²) >= 11 is 0. The zero-order valence-corrected chi connectivity index (χ0v) is 17.6. The number of aromatic nitrogens is 1. The van der Waals surface area contributed by atoms with E-state index in [0.717, 1.165) is 22.3 Å². The topological polar surface area (TPSA) is 51.2 Å². The van der Waals surface area contributed by atoms with E-state index in [1.807, 2.05) is 92.7 Å². The van der Waals surface area contributed by atoms with E-state index in [1.54, 1.807) is 18.3 Å². The molecule has 4 nitrogen and oxygen atoms in total. The molecule has 154 valence electrons. The van der Waals surface area contributed by atoms with Gasteiger partial charge in [-0.3, -0.25) is 4.79 Å². The summed E-state index contributed by atoms with van der Waals surface area (Å²) in [6.07, 6.45) is 1.34. The fourth-order valence-corrected chi connectivity index (χ4v) is 3.31. The Labute approximate surface area is 182 Å². The minimum Gasteiger partial charge on any atom is -0.465 e. The minimum atomic E-state index is -0.272. The summed E-state index contributed by atoms with van der Waals surface area (Å²) in [7, 11) is 0. The van der Waals surface area contributed by atoms with Gasteiger partial charge in [0.1, 0.15) is 0 Å². The SMILES string of the molecule is Cc1ccc(C(=O)Nc2ccc(OC(c3ccccc3)c3ccccc3)nc2)cc1C. The number of anilines is 1. The molecule has 0 aliphatic heterocycles. The van der Waals surface area contributed by atoms with Gasteiger partial charge in [0.05, 0.1) is 11.9 Å². The number of nitrogens with one attached hydrogen (secondary N) is 1. The summed E-state index contributed by atoms with van der Waals surface area (Å²) in [5.74, 6) is 0.326. The molecule has 1 aromatic heterocycles. The van der Waals surface area contributed by atoms with E-state index in [4.69, 9.17) is 4.74 Å². The smallest absolute Gasteiger partial charge is 0.255 e. The Morgan fingerprint density at radius 2 is 1.45 bits per heavy atom. The highest BCUT2D eigenvalue weighted by atomic mass is 16.5. The van der Waals surface area contributed by atoms with Crippen molar-refractivity contribution in [2.24, 2.45) is 0 Å². The molecule has 1 amide bonds. The molecule has 0 saturated heterocycles. The van der Waals surface area contributed by atoms with Crippen LogP contribution in [-0.2, 0) is 0 Å².